The molecule has 202 valence electrons. The van der Waals surface area contributed by atoms with Crippen LogP contribution in [-0.2, 0) is 9.53 Å². The monoisotopic (exact) mass is 536 g/mol. The van der Waals surface area contributed by atoms with Gasteiger partial charge in [0.1, 0.15) is 17.3 Å². The molecule has 0 spiro atoms. The van der Waals surface area contributed by atoms with Gasteiger partial charge in [0.05, 0.1) is 19.3 Å². The predicted molar refractivity (Wildman–Crippen MR) is 135 cm³/mol. The van der Waals surface area contributed by atoms with Crippen LogP contribution >= 0.6 is 11.6 Å². The van der Waals surface area contributed by atoms with Crippen molar-refractivity contribution in [2.75, 3.05) is 12.4 Å². The average molecular weight is 537 g/mol. The van der Waals surface area contributed by atoms with E-state index in [9.17, 15) is 14.0 Å². The number of rotatable bonds is 10. The lowest BCUT2D eigenvalue weighted by molar-refractivity contribution is -0.120. The number of carbonyl (C=O) groups is 2. The van der Waals surface area contributed by atoms with E-state index in [2.05, 4.69) is 25.9 Å². The lowest BCUT2D eigenvalue weighted by Crippen LogP contribution is -2.51. The van der Waals surface area contributed by atoms with E-state index in [1.54, 1.807) is 26.8 Å². The van der Waals surface area contributed by atoms with Crippen LogP contribution in [-0.4, -0.2) is 50.7 Å². The van der Waals surface area contributed by atoms with E-state index in [-0.39, 0.29) is 22.6 Å². The molecule has 4 rings (SSSR count). The van der Waals surface area contributed by atoms with E-state index >= 15 is 0 Å². The average Bonchev–Trinajstić information content (AvgIpc) is 3.74. The molecule has 2 aromatic rings. The number of hydrogen-bond acceptors (Lipinski definition) is 7. The minimum Gasteiger partial charge on any atom is -0.480 e. The maximum Gasteiger partial charge on any atom is 0.408 e. The Morgan fingerprint density at radius 2 is 1.86 bits per heavy atom. The molecule has 2 fully saturated rings. The molecule has 2 heterocycles. The quantitative estimate of drug-likeness (QED) is 0.450. The Bertz CT molecular complexity index is 1130. The van der Waals surface area contributed by atoms with Gasteiger partial charge in [-0.2, -0.15) is 4.39 Å². The summed E-state index contributed by atoms with van der Waals surface area (Å²) in [5.74, 6) is -0.408. The van der Waals surface area contributed by atoms with E-state index in [0.29, 0.717) is 23.8 Å². The molecule has 2 N–H and O–H groups in total. The third-order valence-corrected chi connectivity index (χ3v) is 6.82. The van der Waals surface area contributed by atoms with Gasteiger partial charge in [0, 0.05) is 5.56 Å². The smallest absolute Gasteiger partial charge is 0.408 e. The van der Waals surface area contributed by atoms with Crippen molar-refractivity contribution in [3.63, 3.8) is 0 Å². The number of aromatic nitrogens is 4. The van der Waals surface area contributed by atoms with Gasteiger partial charge in [0.25, 0.3) is 5.95 Å². The second-order valence-electron chi connectivity index (χ2n) is 10.7. The van der Waals surface area contributed by atoms with Gasteiger partial charge < -0.3 is 20.1 Å². The SMILES string of the molecule is CCC(c1cc(Cl)nnc1OC)n1cc(NC(=O)[C@@H](NC(=O)OC(C)(C)C)C(C2CC2)C2CC2)c(F)n1. The Morgan fingerprint density at radius 1 is 1.22 bits per heavy atom. The van der Waals surface area contributed by atoms with E-state index < -0.39 is 35.6 Å². The second kappa shape index (κ2) is 10.8. The first-order valence-corrected chi connectivity index (χ1v) is 13.0. The highest BCUT2D eigenvalue weighted by Gasteiger charge is 2.48. The summed E-state index contributed by atoms with van der Waals surface area (Å²) in [4.78, 5) is 26.1. The molecule has 0 aliphatic heterocycles. The molecule has 37 heavy (non-hydrogen) atoms. The number of ether oxygens (including phenoxy) is 2. The van der Waals surface area contributed by atoms with Crippen molar-refractivity contribution < 1.29 is 23.5 Å². The van der Waals surface area contributed by atoms with Crippen molar-refractivity contribution in [2.24, 2.45) is 17.8 Å². The van der Waals surface area contributed by atoms with Crippen LogP contribution in [0.25, 0.3) is 0 Å². The van der Waals surface area contributed by atoms with Gasteiger partial charge in [-0.25, -0.2) is 4.79 Å². The third kappa shape index (κ3) is 6.68. The van der Waals surface area contributed by atoms with Gasteiger partial charge in [0.15, 0.2) is 5.15 Å². The summed E-state index contributed by atoms with van der Waals surface area (Å²) in [6, 6.07) is 0.281. The first-order valence-electron chi connectivity index (χ1n) is 12.6. The van der Waals surface area contributed by atoms with Crippen LogP contribution in [0.4, 0.5) is 14.9 Å². The third-order valence-electron chi connectivity index (χ3n) is 6.63. The molecule has 12 heteroatoms. The summed E-state index contributed by atoms with van der Waals surface area (Å²) < 4.78 is 27.1. The van der Waals surface area contributed by atoms with Crippen LogP contribution in [0.15, 0.2) is 12.3 Å². The highest BCUT2D eigenvalue weighted by atomic mass is 35.5. The van der Waals surface area contributed by atoms with Gasteiger partial charge in [0.2, 0.25) is 11.8 Å². The Kier molecular flexibility index (Phi) is 7.91. The maximum atomic E-state index is 15.0. The van der Waals surface area contributed by atoms with Gasteiger partial charge in [-0.1, -0.05) is 18.5 Å². The van der Waals surface area contributed by atoms with Crippen molar-refractivity contribution in [1.29, 1.82) is 0 Å². The number of nitrogens with zero attached hydrogens (tertiary/aromatic N) is 4. The normalized spacial score (nSPS) is 17.3. The van der Waals surface area contributed by atoms with Crippen molar-refractivity contribution >= 4 is 29.3 Å². The minimum atomic E-state index is -0.845. The fraction of sp³-hybridized carbons (Fsp3) is 0.640. The maximum absolute atomic E-state index is 15.0. The number of alkyl carbamates (subject to hydrolysis) is 1. The summed E-state index contributed by atoms with van der Waals surface area (Å²) >= 11 is 6.04. The number of anilines is 1. The second-order valence-corrected chi connectivity index (χ2v) is 11.1. The molecule has 10 nitrogen and oxygen atoms in total. The molecule has 2 aliphatic rings. The Labute approximate surface area is 220 Å². The first-order chi connectivity index (χ1) is 17.5. The zero-order valence-electron chi connectivity index (χ0n) is 21.8. The molecular formula is C25H34ClFN6O4. The zero-order chi connectivity index (χ0) is 26.9. The number of methoxy groups -OCH3 is 1. The molecule has 0 bridgehead atoms. The molecular weight excluding hydrogens is 503 g/mol. The molecule has 2 saturated carbocycles. The molecule has 2 amide bonds. The van der Waals surface area contributed by atoms with Crippen molar-refractivity contribution in [2.45, 2.75) is 77.5 Å². The molecule has 0 aromatic carbocycles. The fourth-order valence-electron chi connectivity index (χ4n) is 4.80. The standard InChI is InChI=1S/C25H34ClFN6O4/c1-6-17(15-11-18(26)30-31-23(15)36-5)33-12-16(21(27)32-33)28-22(34)20(29-24(35)37-25(2,3)4)19(13-7-8-13)14-9-10-14/h11-14,17,19-20H,6-10H2,1-5H3,(H,28,34)(H,29,35)/t17?,20-/m0/s1. The highest BCUT2D eigenvalue weighted by Crippen LogP contribution is 2.51. The van der Waals surface area contributed by atoms with Crippen LogP contribution in [0.5, 0.6) is 5.88 Å². The van der Waals surface area contributed by atoms with E-state index in [4.69, 9.17) is 21.1 Å². The van der Waals surface area contributed by atoms with Gasteiger partial charge >= 0.3 is 6.09 Å². The van der Waals surface area contributed by atoms with Crippen molar-refractivity contribution in [3.8, 4) is 5.88 Å². The van der Waals surface area contributed by atoms with Crippen LogP contribution in [0.2, 0.25) is 5.15 Å². The summed E-state index contributed by atoms with van der Waals surface area (Å²) in [7, 11) is 1.46. The number of halogens is 2. The van der Waals surface area contributed by atoms with Crippen LogP contribution in [0.3, 0.4) is 0 Å². The number of nitrogens with one attached hydrogen (secondary N) is 2. The Balaban J connectivity index is 1.57. The van der Waals surface area contributed by atoms with Crippen LogP contribution in [0, 0.1) is 23.7 Å². The topological polar surface area (TPSA) is 120 Å². The van der Waals surface area contributed by atoms with Crippen LogP contribution in [0.1, 0.15) is 71.4 Å². The summed E-state index contributed by atoms with van der Waals surface area (Å²) in [5.41, 5.74) is -0.220. The molecule has 2 atom stereocenters. The molecule has 2 aliphatic carbocycles. The number of hydrogen-bond donors (Lipinski definition) is 2. The Morgan fingerprint density at radius 3 is 2.41 bits per heavy atom. The highest BCUT2D eigenvalue weighted by molar-refractivity contribution is 6.29. The van der Waals surface area contributed by atoms with Crippen LogP contribution < -0.4 is 15.4 Å². The molecule has 2 aromatic heterocycles. The first kappa shape index (κ1) is 27.1. The molecule has 0 radical (unpaired) electrons. The van der Waals surface area contributed by atoms with E-state index in [0.717, 1.165) is 25.7 Å². The lowest BCUT2D eigenvalue weighted by atomic mass is 9.88. The zero-order valence-corrected chi connectivity index (χ0v) is 22.5. The number of carbonyl (C=O) groups excluding carboxylic acids is 2. The van der Waals surface area contributed by atoms with Crippen molar-refractivity contribution in [1.82, 2.24) is 25.3 Å². The largest absolute Gasteiger partial charge is 0.480 e. The predicted octanol–water partition coefficient (Wildman–Crippen LogP) is 4.74. The summed E-state index contributed by atoms with van der Waals surface area (Å²) in [5, 5.41) is 17.3. The van der Waals surface area contributed by atoms with E-state index in [1.807, 2.05) is 6.92 Å². The van der Waals surface area contributed by atoms with Gasteiger partial charge in [-0.3, -0.25) is 9.48 Å². The summed E-state index contributed by atoms with van der Waals surface area (Å²) in [6.45, 7) is 7.17. The minimum absolute atomic E-state index is 0.0247. The van der Waals surface area contributed by atoms with Gasteiger partial charge in [-0.15, -0.1) is 15.3 Å². The Hall–Kier alpha value is -2.95. The summed E-state index contributed by atoms with van der Waals surface area (Å²) in [6.07, 6.45) is 5.30. The van der Waals surface area contributed by atoms with Gasteiger partial charge in [-0.05, 0) is 76.7 Å². The molecule has 0 saturated heterocycles. The fourth-order valence-corrected chi connectivity index (χ4v) is 4.96. The number of amides is 2. The van der Waals surface area contributed by atoms with E-state index in [1.165, 1.54) is 18.0 Å². The van der Waals surface area contributed by atoms with Crippen molar-refractivity contribution in [3.05, 3.63) is 28.9 Å². The molecule has 1 unspecified atom stereocenters. The lowest BCUT2D eigenvalue weighted by Gasteiger charge is -2.28.